The molecule has 0 aromatic carbocycles. The SMILES string of the molecule is CC/C=C\C/C=C\C/C=C\C/C=C\CCCCCCCCCCCCCCC(=O)OCC(COC(=O)CCCCCCCCCCCCCCCCC)OC(=O)CCCCCCCCCCCCCCCCCCCCCCCCC. The maximum absolute atomic E-state index is 13.0. The molecule has 0 spiro atoms. The molecule has 1 unspecified atom stereocenters. The van der Waals surface area contributed by atoms with Gasteiger partial charge in [-0.1, -0.05) is 365 Å². The normalized spacial score (nSPS) is 12.3. The summed E-state index contributed by atoms with van der Waals surface area (Å²) in [6, 6.07) is 0. The van der Waals surface area contributed by atoms with Crippen molar-refractivity contribution in [3.63, 3.8) is 0 Å². The summed E-state index contributed by atoms with van der Waals surface area (Å²) in [6.07, 6.45) is 88.5. The molecular weight excluding hydrogens is 997 g/mol. The van der Waals surface area contributed by atoms with Crippen LogP contribution in [0, 0.1) is 0 Å². The molecule has 0 saturated heterocycles. The highest BCUT2D eigenvalue weighted by Crippen LogP contribution is 2.19. The molecule has 6 heteroatoms. The molecule has 0 heterocycles. The van der Waals surface area contributed by atoms with E-state index in [1.165, 1.54) is 270 Å². The van der Waals surface area contributed by atoms with Crippen LogP contribution in [-0.2, 0) is 28.6 Å². The lowest BCUT2D eigenvalue weighted by molar-refractivity contribution is -0.167. The van der Waals surface area contributed by atoms with Crippen LogP contribution in [0.3, 0.4) is 0 Å². The van der Waals surface area contributed by atoms with Crippen LogP contribution in [0.4, 0.5) is 0 Å². The second kappa shape index (κ2) is 69.9. The molecule has 0 aliphatic heterocycles. The Labute approximate surface area is 505 Å². The van der Waals surface area contributed by atoms with Crippen molar-refractivity contribution in [2.24, 2.45) is 0 Å². The number of ether oxygens (including phenoxy) is 3. The first kappa shape index (κ1) is 78.4. The molecular formula is C75H138O6. The molecule has 1 atom stereocenters. The van der Waals surface area contributed by atoms with Gasteiger partial charge in [0.05, 0.1) is 0 Å². The van der Waals surface area contributed by atoms with E-state index in [2.05, 4.69) is 69.4 Å². The summed E-state index contributed by atoms with van der Waals surface area (Å²) in [7, 11) is 0. The summed E-state index contributed by atoms with van der Waals surface area (Å²) >= 11 is 0. The highest BCUT2D eigenvalue weighted by molar-refractivity contribution is 5.71. The fourth-order valence-corrected chi connectivity index (χ4v) is 11.0. The Balaban J connectivity index is 4.26. The minimum absolute atomic E-state index is 0.0668. The molecule has 0 bridgehead atoms. The van der Waals surface area contributed by atoms with Gasteiger partial charge in [0.25, 0.3) is 0 Å². The van der Waals surface area contributed by atoms with Crippen LogP contribution in [0.15, 0.2) is 48.6 Å². The van der Waals surface area contributed by atoms with E-state index in [4.69, 9.17) is 14.2 Å². The van der Waals surface area contributed by atoms with E-state index in [9.17, 15) is 14.4 Å². The van der Waals surface area contributed by atoms with Crippen LogP contribution in [0.5, 0.6) is 0 Å². The highest BCUT2D eigenvalue weighted by Gasteiger charge is 2.19. The van der Waals surface area contributed by atoms with Gasteiger partial charge in [-0.3, -0.25) is 14.4 Å². The van der Waals surface area contributed by atoms with Gasteiger partial charge in [-0.05, 0) is 57.8 Å². The molecule has 81 heavy (non-hydrogen) atoms. The van der Waals surface area contributed by atoms with E-state index >= 15 is 0 Å². The van der Waals surface area contributed by atoms with Crippen molar-refractivity contribution in [2.45, 2.75) is 399 Å². The summed E-state index contributed by atoms with van der Waals surface area (Å²) in [4.78, 5) is 38.5. The predicted molar refractivity (Wildman–Crippen MR) is 353 cm³/mol. The number of hydrogen-bond acceptors (Lipinski definition) is 6. The molecule has 0 rings (SSSR count). The fourth-order valence-electron chi connectivity index (χ4n) is 11.0. The van der Waals surface area contributed by atoms with Crippen molar-refractivity contribution in [1.82, 2.24) is 0 Å². The molecule has 0 aromatic rings. The van der Waals surface area contributed by atoms with Crippen LogP contribution >= 0.6 is 0 Å². The van der Waals surface area contributed by atoms with Crippen LogP contribution in [0.1, 0.15) is 393 Å². The second-order valence-electron chi connectivity index (χ2n) is 24.5. The van der Waals surface area contributed by atoms with Crippen LogP contribution in [0.2, 0.25) is 0 Å². The van der Waals surface area contributed by atoms with Gasteiger partial charge in [-0.2, -0.15) is 0 Å². The van der Waals surface area contributed by atoms with Crippen molar-refractivity contribution in [3.05, 3.63) is 48.6 Å². The Kier molecular flexibility index (Phi) is 67.6. The molecule has 0 aliphatic rings. The zero-order valence-electron chi connectivity index (χ0n) is 54.6. The first-order chi connectivity index (χ1) is 40.0. The van der Waals surface area contributed by atoms with Gasteiger partial charge >= 0.3 is 17.9 Å². The number of carbonyl (C=O) groups is 3. The monoisotopic (exact) mass is 1140 g/mol. The largest absolute Gasteiger partial charge is 0.462 e. The maximum Gasteiger partial charge on any atom is 0.306 e. The summed E-state index contributed by atoms with van der Waals surface area (Å²) in [5.74, 6) is -0.837. The third-order valence-corrected chi connectivity index (χ3v) is 16.3. The smallest absolute Gasteiger partial charge is 0.306 e. The number of rotatable bonds is 67. The van der Waals surface area contributed by atoms with Gasteiger partial charge in [0.2, 0.25) is 0 Å². The van der Waals surface area contributed by atoms with Crippen LogP contribution in [0.25, 0.3) is 0 Å². The van der Waals surface area contributed by atoms with E-state index < -0.39 is 6.10 Å². The standard InChI is InChI=1S/C75H138O6/c1-4-7-10-13-16-19-22-25-28-30-32-34-36-37-39-40-42-44-47-50-53-56-59-62-65-68-74(77)80-71-72(70-79-73(76)67-64-61-58-55-52-49-46-27-24-21-18-15-12-9-6-3)81-75(78)69-66-63-60-57-54-51-48-45-43-41-38-35-33-31-29-26-23-20-17-14-11-8-5-2/h7,10,16,19,25,28,32,34,72H,4-6,8-9,11-15,17-18,20-24,26-27,29-31,33,35-71H2,1-3H3/b10-7-,19-16-,28-25-,34-32-. The van der Waals surface area contributed by atoms with Crippen molar-refractivity contribution in [2.75, 3.05) is 13.2 Å². The highest BCUT2D eigenvalue weighted by atomic mass is 16.6. The van der Waals surface area contributed by atoms with Crippen LogP contribution in [-0.4, -0.2) is 37.2 Å². The van der Waals surface area contributed by atoms with E-state index in [1.54, 1.807) is 0 Å². The molecule has 0 amide bonds. The van der Waals surface area contributed by atoms with Gasteiger partial charge in [0, 0.05) is 19.3 Å². The second-order valence-corrected chi connectivity index (χ2v) is 24.5. The minimum Gasteiger partial charge on any atom is -0.462 e. The predicted octanol–water partition coefficient (Wildman–Crippen LogP) is 24.9. The number of carbonyl (C=O) groups excluding carboxylic acids is 3. The minimum atomic E-state index is -0.771. The Bertz CT molecular complexity index is 1400. The number of hydrogen-bond donors (Lipinski definition) is 0. The molecule has 0 saturated carbocycles. The summed E-state index contributed by atoms with van der Waals surface area (Å²) in [5.41, 5.74) is 0. The molecule has 0 aromatic heterocycles. The third kappa shape index (κ3) is 68.0. The van der Waals surface area contributed by atoms with Gasteiger partial charge in [0.15, 0.2) is 6.10 Å². The molecule has 0 aliphatic carbocycles. The quantitative estimate of drug-likeness (QED) is 0.0261. The van der Waals surface area contributed by atoms with Crippen LogP contribution < -0.4 is 0 Å². The molecule has 6 nitrogen and oxygen atoms in total. The first-order valence-corrected chi connectivity index (χ1v) is 36.1. The van der Waals surface area contributed by atoms with Crippen molar-refractivity contribution < 1.29 is 28.6 Å². The van der Waals surface area contributed by atoms with Gasteiger partial charge < -0.3 is 14.2 Å². The lowest BCUT2D eigenvalue weighted by atomic mass is 10.0. The average molecular weight is 1140 g/mol. The Morgan fingerprint density at radius 1 is 0.259 bits per heavy atom. The molecule has 0 N–H and O–H groups in total. The van der Waals surface area contributed by atoms with Crippen molar-refractivity contribution in [3.8, 4) is 0 Å². The Morgan fingerprint density at radius 3 is 0.753 bits per heavy atom. The van der Waals surface area contributed by atoms with E-state index in [1.807, 2.05) is 0 Å². The Hall–Kier alpha value is -2.63. The van der Waals surface area contributed by atoms with Gasteiger partial charge in [-0.25, -0.2) is 0 Å². The summed E-state index contributed by atoms with van der Waals surface area (Å²) in [5, 5.41) is 0. The maximum atomic E-state index is 13.0. The topological polar surface area (TPSA) is 78.9 Å². The molecule has 0 fully saturated rings. The third-order valence-electron chi connectivity index (χ3n) is 16.3. The zero-order chi connectivity index (χ0) is 58.5. The van der Waals surface area contributed by atoms with Crippen molar-refractivity contribution in [1.29, 1.82) is 0 Å². The zero-order valence-corrected chi connectivity index (χ0v) is 54.6. The van der Waals surface area contributed by atoms with Gasteiger partial charge in [0.1, 0.15) is 13.2 Å². The van der Waals surface area contributed by atoms with E-state index in [-0.39, 0.29) is 31.1 Å². The molecule has 0 radical (unpaired) electrons. The summed E-state index contributed by atoms with van der Waals surface area (Å²) in [6.45, 7) is 6.61. The number of unbranched alkanes of at least 4 members (excludes halogenated alkanes) is 48. The van der Waals surface area contributed by atoms with Gasteiger partial charge in [-0.15, -0.1) is 0 Å². The Morgan fingerprint density at radius 2 is 0.481 bits per heavy atom. The van der Waals surface area contributed by atoms with E-state index in [0.29, 0.717) is 19.3 Å². The number of allylic oxidation sites excluding steroid dienone is 8. The lowest BCUT2D eigenvalue weighted by Gasteiger charge is -2.18. The first-order valence-electron chi connectivity index (χ1n) is 36.1. The lowest BCUT2D eigenvalue weighted by Crippen LogP contribution is -2.30. The van der Waals surface area contributed by atoms with E-state index in [0.717, 1.165) is 83.5 Å². The summed E-state index contributed by atoms with van der Waals surface area (Å²) < 4.78 is 17.0. The van der Waals surface area contributed by atoms with Crippen molar-refractivity contribution >= 4 is 17.9 Å². The molecule has 474 valence electrons. The average Bonchev–Trinajstić information content (AvgIpc) is 3.47. The fraction of sp³-hybridized carbons (Fsp3) is 0.853. The number of esters is 3.